The standard InChI is InChI=1S/C23H42N2O2/c1-20(2,3)22-7-10-23(11-8-22,12-9-22)25-19(26)17-15-18(16-17)27-14-13-24-21(4,5)6/h17-18,24H,7-16H2,1-6H3,(H,25,26). The van der Waals surface area contributed by atoms with Gasteiger partial charge in [-0.2, -0.15) is 0 Å². The SMILES string of the molecule is CC(C)(C)NCCOC1CC(C(=O)NC23CCC(C(C)(C)C)(CC2)CC3)C1. The number of carbonyl (C=O) groups excluding carboxylic acids is 1. The van der Waals surface area contributed by atoms with Crippen molar-refractivity contribution in [2.75, 3.05) is 13.2 Å². The van der Waals surface area contributed by atoms with Crippen LogP contribution in [-0.4, -0.2) is 36.2 Å². The first-order valence-corrected chi connectivity index (χ1v) is 11.1. The van der Waals surface area contributed by atoms with E-state index in [1.165, 1.54) is 38.5 Å². The lowest BCUT2D eigenvalue weighted by atomic mass is 9.49. The molecule has 0 radical (unpaired) electrons. The summed E-state index contributed by atoms with van der Waals surface area (Å²) in [5.41, 5.74) is 1.10. The fourth-order valence-corrected chi connectivity index (χ4v) is 5.43. The van der Waals surface area contributed by atoms with E-state index >= 15 is 0 Å². The molecule has 4 rings (SSSR count). The van der Waals surface area contributed by atoms with Crippen molar-refractivity contribution in [1.82, 2.24) is 10.6 Å². The summed E-state index contributed by atoms with van der Waals surface area (Å²) in [6, 6.07) is 0. The fraction of sp³-hybridized carbons (Fsp3) is 0.957. The van der Waals surface area contributed by atoms with Crippen LogP contribution in [0.25, 0.3) is 0 Å². The molecule has 4 saturated carbocycles. The lowest BCUT2D eigenvalue weighted by Gasteiger charge is -2.59. The third-order valence-electron chi connectivity index (χ3n) is 7.80. The highest BCUT2D eigenvalue weighted by molar-refractivity contribution is 5.80. The van der Waals surface area contributed by atoms with E-state index < -0.39 is 0 Å². The molecule has 1 amide bonds. The Hall–Kier alpha value is -0.610. The van der Waals surface area contributed by atoms with Gasteiger partial charge in [0.15, 0.2) is 0 Å². The van der Waals surface area contributed by atoms with E-state index in [1.54, 1.807) is 0 Å². The maximum atomic E-state index is 12.8. The quantitative estimate of drug-likeness (QED) is 0.673. The van der Waals surface area contributed by atoms with Crippen molar-refractivity contribution in [1.29, 1.82) is 0 Å². The first-order chi connectivity index (χ1) is 12.4. The average Bonchev–Trinajstić information content (AvgIpc) is 2.52. The molecule has 0 aromatic carbocycles. The molecule has 0 atom stereocenters. The van der Waals surface area contributed by atoms with Gasteiger partial charge in [-0.25, -0.2) is 0 Å². The Balaban J connectivity index is 1.38. The molecule has 0 aromatic rings. The second-order valence-electron chi connectivity index (χ2n) is 11.6. The van der Waals surface area contributed by atoms with E-state index in [2.05, 4.69) is 52.2 Å². The van der Waals surface area contributed by atoms with Gasteiger partial charge in [-0.15, -0.1) is 0 Å². The van der Waals surface area contributed by atoms with Crippen LogP contribution in [0.4, 0.5) is 0 Å². The summed E-state index contributed by atoms with van der Waals surface area (Å²) in [7, 11) is 0. The van der Waals surface area contributed by atoms with Gasteiger partial charge in [0.05, 0.1) is 12.7 Å². The van der Waals surface area contributed by atoms with Crippen LogP contribution in [0, 0.1) is 16.7 Å². The lowest BCUT2D eigenvalue weighted by Crippen LogP contribution is -2.60. The predicted octanol–water partition coefficient (Wildman–Crippen LogP) is 4.43. The van der Waals surface area contributed by atoms with Crippen molar-refractivity contribution in [3.63, 3.8) is 0 Å². The fourth-order valence-electron chi connectivity index (χ4n) is 5.43. The minimum Gasteiger partial charge on any atom is -0.377 e. The van der Waals surface area contributed by atoms with Gasteiger partial charge >= 0.3 is 0 Å². The zero-order valence-corrected chi connectivity index (χ0v) is 18.5. The number of nitrogens with one attached hydrogen (secondary N) is 2. The number of fused-ring (bicyclic) bond motifs is 3. The lowest BCUT2D eigenvalue weighted by molar-refractivity contribution is -0.139. The van der Waals surface area contributed by atoms with Crippen LogP contribution in [0.5, 0.6) is 0 Å². The molecule has 2 bridgehead atoms. The van der Waals surface area contributed by atoms with Crippen LogP contribution in [-0.2, 0) is 9.53 Å². The third-order valence-corrected chi connectivity index (χ3v) is 7.80. The highest BCUT2D eigenvalue weighted by Gasteiger charge is 2.54. The Kier molecular flexibility index (Phi) is 5.73. The summed E-state index contributed by atoms with van der Waals surface area (Å²) in [5.74, 6) is 0.448. The van der Waals surface area contributed by atoms with Crippen molar-refractivity contribution >= 4 is 5.91 Å². The zero-order chi connectivity index (χ0) is 19.9. The van der Waals surface area contributed by atoms with Gasteiger partial charge < -0.3 is 15.4 Å². The first kappa shape index (κ1) is 21.1. The van der Waals surface area contributed by atoms with E-state index in [0.29, 0.717) is 10.8 Å². The Morgan fingerprint density at radius 2 is 1.52 bits per heavy atom. The Morgan fingerprint density at radius 1 is 0.963 bits per heavy atom. The van der Waals surface area contributed by atoms with Crippen LogP contribution in [0.2, 0.25) is 0 Å². The Labute approximate surface area is 166 Å². The normalized spacial score (nSPS) is 36.4. The molecule has 0 aliphatic heterocycles. The van der Waals surface area contributed by atoms with Gasteiger partial charge in [-0.3, -0.25) is 4.79 Å². The van der Waals surface area contributed by atoms with Crippen LogP contribution in [0.15, 0.2) is 0 Å². The van der Waals surface area contributed by atoms with Crippen LogP contribution in [0.3, 0.4) is 0 Å². The molecule has 4 nitrogen and oxygen atoms in total. The molecule has 27 heavy (non-hydrogen) atoms. The molecule has 156 valence electrons. The number of amides is 1. The van der Waals surface area contributed by atoms with Crippen LogP contribution >= 0.6 is 0 Å². The first-order valence-electron chi connectivity index (χ1n) is 11.1. The van der Waals surface area contributed by atoms with Gasteiger partial charge in [-0.1, -0.05) is 20.8 Å². The summed E-state index contributed by atoms with van der Waals surface area (Å²) in [4.78, 5) is 12.8. The number of rotatable bonds is 6. The van der Waals surface area contributed by atoms with E-state index in [9.17, 15) is 4.79 Å². The molecule has 0 unspecified atom stereocenters. The van der Waals surface area contributed by atoms with Gasteiger partial charge in [0.2, 0.25) is 5.91 Å². The molecule has 0 heterocycles. The van der Waals surface area contributed by atoms with Gasteiger partial charge in [-0.05, 0) is 83.0 Å². The van der Waals surface area contributed by atoms with Gasteiger partial charge in [0.25, 0.3) is 0 Å². The number of hydrogen-bond donors (Lipinski definition) is 2. The van der Waals surface area contributed by atoms with Crippen molar-refractivity contribution in [2.24, 2.45) is 16.7 Å². The van der Waals surface area contributed by atoms with E-state index in [1.807, 2.05) is 0 Å². The van der Waals surface area contributed by atoms with Crippen molar-refractivity contribution < 1.29 is 9.53 Å². The molecule has 0 saturated heterocycles. The smallest absolute Gasteiger partial charge is 0.223 e. The molecule has 4 aliphatic carbocycles. The second kappa shape index (κ2) is 7.33. The maximum absolute atomic E-state index is 12.8. The third kappa shape index (κ3) is 4.70. The Bertz CT molecular complexity index is 513. The zero-order valence-electron chi connectivity index (χ0n) is 18.5. The van der Waals surface area contributed by atoms with Crippen LogP contribution in [0.1, 0.15) is 92.9 Å². The van der Waals surface area contributed by atoms with Crippen molar-refractivity contribution in [2.45, 2.75) is 110 Å². The Morgan fingerprint density at radius 3 is 2.00 bits per heavy atom. The molecule has 0 spiro atoms. The number of ether oxygens (including phenoxy) is 1. The summed E-state index contributed by atoms with van der Waals surface area (Å²) in [6.07, 6.45) is 9.37. The topological polar surface area (TPSA) is 50.4 Å². The summed E-state index contributed by atoms with van der Waals surface area (Å²) < 4.78 is 5.91. The van der Waals surface area contributed by atoms with Crippen LogP contribution < -0.4 is 10.6 Å². The molecular formula is C23H42N2O2. The average molecular weight is 379 g/mol. The molecule has 4 aliphatic rings. The molecule has 4 fully saturated rings. The van der Waals surface area contributed by atoms with Gasteiger partial charge in [0, 0.05) is 23.5 Å². The summed E-state index contributed by atoms with van der Waals surface area (Å²) >= 11 is 0. The maximum Gasteiger partial charge on any atom is 0.223 e. The largest absolute Gasteiger partial charge is 0.377 e. The number of carbonyl (C=O) groups is 1. The van der Waals surface area contributed by atoms with E-state index in [0.717, 1.165) is 26.0 Å². The molecule has 0 aromatic heterocycles. The summed E-state index contributed by atoms with van der Waals surface area (Å²) in [5, 5.41) is 6.93. The highest BCUT2D eigenvalue weighted by atomic mass is 16.5. The molecule has 2 N–H and O–H groups in total. The predicted molar refractivity (Wildman–Crippen MR) is 111 cm³/mol. The minimum atomic E-state index is 0.0899. The van der Waals surface area contributed by atoms with E-state index in [4.69, 9.17) is 4.74 Å². The van der Waals surface area contributed by atoms with Gasteiger partial charge in [0.1, 0.15) is 0 Å². The molecular weight excluding hydrogens is 336 g/mol. The van der Waals surface area contributed by atoms with Crippen molar-refractivity contribution in [3.05, 3.63) is 0 Å². The van der Waals surface area contributed by atoms with E-state index in [-0.39, 0.29) is 29.0 Å². The van der Waals surface area contributed by atoms with Crippen molar-refractivity contribution in [3.8, 4) is 0 Å². The highest BCUT2D eigenvalue weighted by Crippen LogP contribution is 2.60. The molecule has 4 heteroatoms. The minimum absolute atomic E-state index is 0.0899. The number of hydrogen-bond acceptors (Lipinski definition) is 3. The summed E-state index contributed by atoms with van der Waals surface area (Å²) in [6.45, 7) is 15.3. The monoisotopic (exact) mass is 378 g/mol. The second-order valence-corrected chi connectivity index (χ2v) is 11.6.